The van der Waals surface area contributed by atoms with E-state index in [0.717, 1.165) is 5.56 Å². The van der Waals surface area contributed by atoms with Crippen molar-refractivity contribution in [1.29, 1.82) is 0 Å². The van der Waals surface area contributed by atoms with E-state index in [0.29, 0.717) is 22.3 Å². The molecule has 3 aromatic rings. The molecule has 1 aromatic heterocycles. The van der Waals surface area contributed by atoms with Gasteiger partial charge in [-0.15, -0.1) is 10.2 Å². The number of aromatic nitrogens is 3. The topological polar surface area (TPSA) is 68.1 Å². The molecule has 2 aromatic carbocycles. The molecule has 0 saturated heterocycles. The molecular weight excluding hydrogens is 387 g/mol. The molecule has 0 unspecified atom stereocenters. The molecule has 1 heterocycles. The standard InChI is InChI=1S/C18H19FN4O2S2/c1-22(2)27(24,25)14-8-6-7-13(11-14)12-26-18-21-20-17(23(18)3)15-9-4-5-10-16(15)19/h4-11H,12H2,1-3H3. The number of hydrogen-bond acceptors (Lipinski definition) is 5. The maximum atomic E-state index is 14.0. The van der Waals surface area contributed by atoms with E-state index in [2.05, 4.69) is 10.2 Å². The molecule has 6 nitrogen and oxygen atoms in total. The van der Waals surface area contributed by atoms with E-state index in [-0.39, 0.29) is 10.7 Å². The number of hydrogen-bond donors (Lipinski definition) is 0. The highest BCUT2D eigenvalue weighted by molar-refractivity contribution is 7.98. The van der Waals surface area contributed by atoms with Crippen molar-refractivity contribution in [1.82, 2.24) is 19.1 Å². The third-order valence-corrected chi connectivity index (χ3v) is 6.90. The Bertz CT molecular complexity index is 1060. The first-order valence-corrected chi connectivity index (χ1v) is 10.5. The van der Waals surface area contributed by atoms with Crippen LogP contribution < -0.4 is 0 Å². The summed E-state index contributed by atoms with van der Waals surface area (Å²) in [5.41, 5.74) is 1.23. The van der Waals surface area contributed by atoms with Crippen LogP contribution in [0, 0.1) is 5.82 Å². The summed E-state index contributed by atoms with van der Waals surface area (Å²) in [6.07, 6.45) is 0. The van der Waals surface area contributed by atoms with Gasteiger partial charge in [-0.05, 0) is 29.8 Å². The maximum Gasteiger partial charge on any atom is 0.242 e. The van der Waals surface area contributed by atoms with Gasteiger partial charge in [0, 0.05) is 26.9 Å². The van der Waals surface area contributed by atoms with Crippen LogP contribution in [0.5, 0.6) is 0 Å². The fourth-order valence-corrected chi connectivity index (χ4v) is 4.30. The lowest BCUT2D eigenvalue weighted by Gasteiger charge is -2.12. The van der Waals surface area contributed by atoms with Crippen molar-refractivity contribution < 1.29 is 12.8 Å². The zero-order valence-electron chi connectivity index (χ0n) is 15.1. The van der Waals surface area contributed by atoms with Gasteiger partial charge in [0.05, 0.1) is 10.5 Å². The summed E-state index contributed by atoms with van der Waals surface area (Å²) in [7, 11) is 1.30. The minimum absolute atomic E-state index is 0.246. The fourth-order valence-electron chi connectivity index (χ4n) is 2.47. The average Bonchev–Trinajstić information content (AvgIpc) is 3.01. The summed E-state index contributed by atoms with van der Waals surface area (Å²) in [5.74, 6) is 0.603. The minimum Gasteiger partial charge on any atom is -0.305 e. The first-order valence-electron chi connectivity index (χ1n) is 8.09. The van der Waals surface area contributed by atoms with Crippen LogP contribution in [0.2, 0.25) is 0 Å². The van der Waals surface area contributed by atoms with Crippen LogP contribution in [-0.4, -0.2) is 41.6 Å². The lowest BCUT2D eigenvalue weighted by atomic mass is 10.2. The van der Waals surface area contributed by atoms with E-state index < -0.39 is 10.0 Å². The van der Waals surface area contributed by atoms with Crippen molar-refractivity contribution >= 4 is 21.8 Å². The molecule has 0 aliphatic rings. The predicted molar refractivity (Wildman–Crippen MR) is 103 cm³/mol. The minimum atomic E-state index is -3.48. The molecule has 3 rings (SSSR count). The van der Waals surface area contributed by atoms with Crippen LogP contribution in [-0.2, 0) is 22.8 Å². The highest BCUT2D eigenvalue weighted by Gasteiger charge is 2.18. The van der Waals surface area contributed by atoms with E-state index in [1.807, 2.05) is 6.07 Å². The van der Waals surface area contributed by atoms with Crippen LogP contribution in [0.3, 0.4) is 0 Å². The van der Waals surface area contributed by atoms with Gasteiger partial charge in [-0.1, -0.05) is 36.0 Å². The average molecular weight is 407 g/mol. The molecule has 27 heavy (non-hydrogen) atoms. The summed E-state index contributed by atoms with van der Waals surface area (Å²) in [6.45, 7) is 0. The quantitative estimate of drug-likeness (QED) is 0.588. The van der Waals surface area contributed by atoms with Crippen LogP contribution in [0.15, 0.2) is 58.6 Å². The van der Waals surface area contributed by atoms with Gasteiger partial charge < -0.3 is 4.57 Å². The summed E-state index contributed by atoms with van der Waals surface area (Å²) in [5, 5.41) is 8.84. The van der Waals surface area contributed by atoms with Crippen LogP contribution in [0.25, 0.3) is 11.4 Å². The molecule has 0 atom stereocenters. The molecule has 0 aliphatic carbocycles. The Labute approximate surface area is 162 Å². The molecule has 9 heteroatoms. The normalized spacial score (nSPS) is 11.9. The summed E-state index contributed by atoms with van der Waals surface area (Å²) < 4.78 is 41.4. The second-order valence-corrected chi connectivity index (χ2v) is 9.16. The second-order valence-electron chi connectivity index (χ2n) is 6.07. The van der Waals surface area contributed by atoms with Gasteiger partial charge in [-0.2, -0.15) is 0 Å². The Morgan fingerprint density at radius 3 is 2.56 bits per heavy atom. The van der Waals surface area contributed by atoms with Crippen LogP contribution in [0.4, 0.5) is 4.39 Å². The Hall–Kier alpha value is -2.23. The zero-order valence-corrected chi connectivity index (χ0v) is 16.8. The highest BCUT2D eigenvalue weighted by atomic mass is 32.2. The summed E-state index contributed by atoms with van der Waals surface area (Å²) in [6, 6.07) is 13.2. The molecule has 0 saturated carbocycles. The molecule has 0 bridgehead atoms. The van der Waals surface area contributed by atoms with Gasteiger partial charge in [0.25, 0.3) is 0 Å². The van der Waals surface area contributed by atoms with Gasteiger partial charge in [0.1, 0.15) is 5.82 Å². The third-order valence-electron chi connectivity index (χ3n) is 3.99. The molecule has 0 fully saturated rings. The van der Waals surface area contributed by atoms with Crippen molar-refractivity contribution in [2.45, 2.75) is 15.8 Å². The Balaban J connectivity index is 1.80. The van der Waals surface area contributed by atoms with Crippen molar-refractivity contribution in [3.8, 4) is 11.4 Å². The van der Waals surface area contributed by atoms with E-state index in [4.69, 9.17) is 0 Å². The lowest BCUT2D eigenvalue weighted by molar-refractivity contribution is 0.520. The van der Waals surface area contributed by atoms with E-state index >= 15 is 0 Å². The first kappa shape index (κ1) is 19.5. The zero-order chi connectivity index (χ0) is 19.6. The van der Waals surface area contributed by atoms with E-state index in [1.165, 1.54) is 36.2 Å². The number of sulfonamides is 1. The first-order chi connectivity index (χ1) is 12.8. The highest BCUT2D eigenvalue weighted by Crippen LogP contribution is 2.27. The Kier molecular flexibility index (Phi) is 5.64. The Morgan fingerprint density at radius 2 is 1.85 bits per heavy atom. The number of thioether (sulfide) groups is 1. The van der Waals surface area contributed by atoms with Gasteiger partial charge in [0.2, 0.25) is 10.0 Å². The number of nitrogens with zero attached hydrogens (tertiary/aromatic N) is 4. The largest absolute Gasteiger partial charge is 0.305 e. The van der Waals surface area contributed by atoms with Crippen molar-refractivity contribution in [3.63, 3.8) is 0 Å². The smallest absolute Gasteiger partial charge is 0.242 e. The summed E-state index contributed by atoms with van der Waals surface area (Å²) >= 11 is 1.41. The molecule has 142 valence electrons. The molecule has 0 spiro atoms. The molecule has 0 N–H and O–H groups in total. The van der Waals surface area contributed by atoms with Crippen molar-refractivity contribution in [2.75, 3.05) is 14.1 Å². The third kappa shape index (κ3) is 4.05. The lowest BCUT2D eigenvalue weighted by Crippen LogP contribution is -2.22. The van der Waals surface area contributed by atoms with Crippen LogP contribution in [0.1, 0.15) is 5.56 Å². The van der Waals surface area contributed by atoms with Crippen LogP contribution >= 0.6 is 11.8 Å². The molecule has 0 radical (unpaired) electrons. The molecule has 0 aliphatic heterocycles. The van der Waals surface area contributed by atoms with Gasteiger partial charge in [-0.3, -0.25) is 0 Å². The predicted octanol–water partition coefficient (Wildman–Crippen LogP) is 3.16. The van der Waals surface area contributed by atoms with Crippen molar-refractivity contribution in [3.05, 3.63) is 59.9 Å². The van der Waals surface area contributed by atoms with Gasteiger partial charge >= 0.3 is 0 Å². The monoisotopic (exact) mass is 406 g/mol. The summed E-state index contributed by atoms with van der Waals surface area (Å²) in [4.78, 5) is 0.246. The van der Waals surface area contributed by atoms with Crippen molar-refractivity contribution in [2.24, 2.45) is 7.05 Å². The SMILES string of the molecule is CN(C)S(=O)(=O)c1cccc(CSc2nnc(-c3ccccc3F)n2C)c1. The van der Waals surface area contributed by atoms with E-state index in [1.54, 1.807) is 48.0 Å². The Morgan fingerprint density at radius 1 is 1.11 bits per heavy atom. The number of halogens is 1. The molecular formula is C18H19FN4O2S2. The van der Waals surface area contributed by atoms with Gasteiger partial charge in [0.15, 0.2) is 11.0 Å². The molecule has 0 amide bonds. The second kappa shape index (κ2) is 7.79. The fraction of sp³-hybridized carbons (Fsp3) is 0.222. The van der Waals surface area contributed by atoms with Gasteiger partial charge in [-0.25, -0.2) is 17.1 Å². The number of benzene rings is 2. The maximum absolute atomic E-state index is 14.0. The number of rotatable bonds is 6. The van der Waals surface area contributed by atoms with E-state index in [9.17, 15) is 12.8 Å².